The normalized spacial score (nSPS) is 34.6. The number of nitrogens with one attached hydrogen (secondary N) is 1. The minimum atomic E-state index is -3.06. The number of aliphatic hydroxyl groups is 1. The van der Waals surface area contributed by atoms with Crippen molar-refractivity contribution >= 4 is 15.9 Å². The lowest BCUT2D eigenvalue weighted by molar-refractivity contribution is -0.0969. The zero-order chi connectivity index (χ0) is 24.9. The number of sulfonamides is 1. The summed E-state index contributed by atoms with van der Waals surface area (Å²) in [6.07, 6.45) is 9.91. The van der Waals surface area contributed by atoms with Gasteiger partial charge in [0.25, 0.3) is 5.91 Å². The second-order valence-electron chi connectivity index (χ2n) is 12.4. The van der Waals surface area contributed by atoms with E-state index in [1.54, 1.807) is 4.31 Å². The Kier molecular flexibility index (Phi) is 6.57. The van der Waals surface area contributed by atoms with Crippen molar-refractivity contribution in [3.8, 4) is 5.75 Å². The van der Waals surface area contributed by atoms with E-state index in [-0.39, 0.29) is 29.2 Å². The van der Waals surface area contributed by atoms with Crippen LogP contribution in [0.5, 0.6) is 5.75 Å². The minimum Gasteiger partial charge on any atom is -0.494 e. The van der Waals surface area contributed by atoms with Crippen LogP contribution >= 0.6 is 0 Å². The summed E-state index contributed by atoms with van der Waals surface area (Å²) >= 11 is 0. The van der Waals surface area contributed by atoms with Crippen molar-refractivity contribution in [2.45, 2.75) is 75.5 Å². The van der Waals surface area contributed by atoms with Gasteiger partial charge < -0.3 is 15.2 Å². The molecule has 4 bridgehead atoms. The number of hydrogen-bond acceptors (Lipinski definition) is 5. The molecule has 1 amide bonds. The molecule has 1 aromatic carbocycles. The lowest BCUT2D eigenvalue weighted by Gasteiger charge is -2.59. The summed E-state index contributed by atoms with van der Waals surface area (Å²) in [4.78, 5) is 13.2. The molecule has 2 atom stereocenters. The quantitative estimate of drug-likeness (QED) is 0.523. The molecule has 1 heterocycles. The monoisotopic (exact) mass is 516 g/mol. The van der Waals surface area contributed by atoms with Gasteiger partial charge in [-0.3, -0.25) is 4.79 Å². The van der Waals surface area contributed by atoms with Gasteiger partial charge in [-0.1, -0.05) is 6.07 Å². The lowest BCUT2D eigenvalue weighted by Crippen LogP contribution is -2.60. The molecule has 1 saturated heterocycles. The summed E-state index contributed by atoms with van der Waals surface area (Å²) < 4.78 is 32.6. The van der Waals surface area contributed by atoms with Crippen molar-refractivity contribution in [2.24, 2.45) is 29.1 Å². The van der Waals surface area contributed by atoms with Crippen LogP contribution in [-0.4, -0.2) is 61.3 Å². The third kappa shape index (κ3) is 4.81. The Labute approximate surface area is 215 Å². The maximum Gasteiger partial charge on any atom is 0.251 e. The predicted octanol–water partition coefficient (Wildman–Crippen LogP) is 3.58. The van der Waals surface area contributed by atoms with Crippen molar-refractivity contribution in [3.63, 3.8) is 0 Å². The summed E-state index contributed by atoms with van der Waals surface area (Å²) in [5.74, 6) is 2.84. The summed E-state index contributed by atoms with van der Waals surface area (Å²) in [6.45, 7) is 2.11. The highest BCUT2D eigenvalue weighted by Crippen LogP contribution is 2.59. The van der Waals surface area contributed by atoms with Crippen molar-refractivity contribution in [1.29, 1.82) is 0 Å². The summed E-state index contributed by atoms with van der Waals surface area (Å²) in [7, 11) is -3.06. The topological polar surface area (TPSA) is 95.9 Å². The number of carbonyl (C=O) groups excluding carboxylic acids is 1. The average molecular weight is 517 g/mol. The Bertz CT molecular complexity index is 1060. The van der Waals surface area contributed by atoms with E-state index in [1.165, 1.54) is 12.8 Å². The predicted molar refractivity (Wildman–Crippen MR) is 137 cm³/mol. The molecular formula is C28H40N2O5S. The van der Waals surface area contributed by atoms with E-state index in [4.69, 9.17) is 4.74 Å². The van der Waals surface area contributed by atoms with Crippen LogP contribution in [0.25, 0.3) is 0 Å². The van der Waals surface area contributed by atoms with Gasteiger partial charge >= 0.3 is 0 Å². The molecule has 2 unspecified atom stereocenters. The maximum atomic E-state index is 13.2. The third-order valence-electron chi connectivity index (χ3n) is 9.80. The van der Waals surface area contributed by atoms with Gasteiger partial charge in [-0.05, 0) is 111 Å². The van der Waals surface area contributed by atoms with E-state index in [0.29, 0.717) is 48.8 Å². The molecule has 6 aliphatic rings. The molecule has 7 nitrogen and oxygen atoms in total. The van der Waals surface area contributed by atoms with E-state index < -0.39 is 10.0 Å². The second kappa shape index (κ2) is 9.59. The van der Waals surface area contributed by atoms with Gasteiger partial charge in [0.15, 0.2) is 0 Å². The Balaban J connectivity index is 0.985. The van der Waals surface area contributed by atoms with E-state index in [0.717, 1.165) is 57.3 Å². The van der Waals surface area contributed by atoms with Gasteiger partial charge in [0.2, 0.25) is 10.0 Å². The van der Waals surface area contributed by atoms with E-state index in [2.05, 4.69) is 5.32 Å². The van der Waals surface area contributed by atoms with Gasteiger partial charge in [0.05, 0.1) is 11.9 Å². The smallest absolute Gasteiger partial charge is 0.251 e. The molecule has 5 aliphatic carbocycles. The molecular weight excluding hydrogens is 476 g/mol. The number of ether oxygens (including phenoxy) is 1. The molecule has 5 saturated carbocycles. The van der Waals surface area contributed by atoms with Crippen LogP contribution in [0.4, 0.5) is 0 Å². The Hall–Kier alpha value is -1.64. The standard InChI is InChI=1S/C28H40N2O5S/c31-18-28-15-20-12-22(16-28)26(23(13-20)17-28)29-27(32)21-2-1-3-24(14-21)35-11-8-19-6-9-30(10-7-19)36(33,34)25-4-5-25/h1-3,14,19-20,22-23,25-26,31H,4-13,15-18H2,(H,29,32). The van der Waals surface area contributed by atoms with Crippen LogP contribution in [0.15, 0.2) is 24.3 Å². The first kappa shape index (κ1) is 24.7. The van der Waals surface area contributed by atoms with Crippen molar-refractivity contribution in [2.75, 3.05) is 26.3 Å². The molecule has 1 aliphatic heterocycles. The van der Waals surface area contributed by atoms with Crippen LogP contribution in [0.2, 0.25) is 0 Å². The van der Waals surface area contributed by atoms with Gasteiger partial charge in [-0.25, -0.2) is 12.7 Å². The Morgan fingerprint density at radius 3 is 2.47 bits per heavy atom. The number of rotatable bonds is 9. The zero-order valence-electron chi connectivity index (χ0n) is 21.1. The fraction of sp³-hybridized carbons (Fsp3) is 0.750. The molecule has 2 N–H and O–H groups in total. The first-order valence-electron chi connectivity index (χ1n) is 14.0. The molecule has 8 heteroatoms. The number of benzene rings is 1. The Morgan fingerprint density at radius 1 is 1.08 bits per heavy atom. The Morgan fingerprint density at radius 2 is 1.81 bits per heavy atom. The van der Waals surface area contributed by atoms with Crippen LogP contribution in [0, 0.1) is 29.1 Å². The van der Waals surface area contributed by atoms with Crippen LogP contribution in [0.3, 0.4) is 0 Å². The van der Waals surface area contributed by atoms with Crippen LogP contribution in [-0.2, 0) is 10.0 Å². The van der Waals surface area contributed by atoms with Gasteiger partial charge in [0.1, 0.15) is 5.75 Å². The first-order chi connectivity index (χ1) is 17.3. The highest BCUT2D eigenvalue weighted by Gasteiger charge is 2.55. The molecule has 0 aromatic heterocycles. The summed E-state index contributed by atoms with van der Waals surface area (Å²) in [5.41, 5.74) is 0.741. The van der Waals surface area contributed by atoms with E-state index in [1.807, 2.05) is 24.3 Å². The van der Waals surface area contributed by atoms with E-state index in [9.17, 15) is 18.3 Å². The largest absolute Gasteiger partial charge is 0.494 e. The number of carbonyl (C=O) groups is 1. The highest BCUT2D eigenvalue weighted by atomic mass is 32.2. The highest BCUT2D eigenvalue weighted by molar-refractivity contribution is 7.90. The van der Waals surface area contributed by atoms with Gasteiger partial charge in [0, 0.05) is 31.3 Å². The van der Waals surface area contributed by atoms with Gasteiger partial charge in [-0.2, -0.15) is 0 Å². The van der Waals surface area contributed by atoms with Crippen LogP contribution in [0.1, 0.15) is 74.6 Å². The number of hydrogen-bond donors (Lipinski definition) is 2. The molecule has 198 valence electrons. The maximum absolute atomic E-state index is 13.2. The fourth-order valence-corrected chi connectivity index (χ4v) is 9.83. The van der Waals surface area contributed by atoms with Gasteiger partial charge in [-0.15, -0.1) is 0 Å². The number of nitrogens with zero attached hydrogens (tertiary/aromatic N) is 1. The summed E-state index contributed by atoms with van der Waals surface area (Å²) in [6, 6.07) is 7.68. The number of amides is 1. The van der Waals surface area contributed by atoms with Crippen molar-refractivity contribution < 1.29 is 23.1 Å². The molecule has 7 rings (SSSR count). The first-order valence-corrected chi connectivity index (χ1v) is 15.5. The molecule has 36 heavy (non-hydrogen) atoms. The zero-order valence-corrected chi connectivity index (χ0v) is 21.9. The van der Waals surface area contributed by atoms with E-state index >= 15 is 0 Å². The summed E-state index contributed by atoms with van der Waals surface area (Å²) in [5, 5.41) is 13.2. The molecule has 0 spiro atoms. The van der Waals surface area contributed by atoms with Crippen LogP contribution < -0.4 is 10.1 Å². The second-order valence-corrected chi connectivity index (χ2v) is 14.6. The fourth-order valence-electron chi connectivity index (χ4n) is 7.96. The number of aliphatic hydroxyl groups excluding tert-OH is 1. The SMILES string of the molecule is O=C(NC1C2CC3CC1CC(CO)(C3)C2)c1cccc(OCCC2CCN(S(=O)(=O)C3CC3)CC2)c1. The molecule has 0 radical (unpaired) electrons. The molecule has 6 fully saturated rings. The van der Waals surface area contributed by atoms with Crippen molar-refractivity contribution in [3.05, 3.63) is 29.8 Å². The third-order valence-corrected chi connectivity index (χ3v) is 12.2. The average Bonchev–Trinajstić information content (AvgIpc) is 3.73. The minimum absolute atomic E-state index is 0.0276. The molecule has 1 aromatic rings. The number of piperidine rings is 1. The lowest BCUT2D eigenvalue weighted by atomic mass is 9.48. The van der Waals surface area contributed by atoms with Crippen molar-refractivity contribution in [1.82, 2.24) is 9.62 Å².